The summed E-state index contributed by atoms with van der Waals surface area (Å²) in [5.41, 5.74) is 0. The minimum atomic E-state index is -0.606. The number of carbonyl (C=O) groups is 3. The Hall–Kier alpha value is -1.59. The molecule has 0 aliphatic heterocycles. The van der Waals surface area contributed by atoms with Gasteiger partial charge in [0.05, 0.1) is 5.92 Å². The average Bonchev–Trinajstić information content (AvgIpc) is 2.37. The van der Waals surface area contributed by atoms with Gasteiger partial charge in [0.25, 0.3) is 5.91 Å². The maximum atomic E-state index is 11.6. The molecule has 1 fully saturated rings. The van der Waals surface area contributed by atoms with Gasteiger partial charge < -0.3 is 10.1 Å². The highest BCUT2D eigenvalue weighted by Crippen LogP contribution is 2.24. The molecule has 0 radical (unpaired) electrons. The largest absolute Gasteiger partial charge is 0.455 e. The topological polar surface area (TPSA) is 84.5 Å². The first-order chi connectivity index (χ1) is 8.63. The quantitative estimate of drug-likeness (QED) is 0.734. The van der Waals surface area contributed by atoms with E-state index in [0.29, 0.717) is 6.54 Å². The van der Waals surface area contributed by atoms with Gasteiger partial charge in [0.15, 0.2) is 6.61 Å². The van der Waals surface area contributed by atoms with E-state index < -0.39 is 18.5 Å². The second-order valence-corrected chi connectivity index (χ2v) is 4.35. The predicted octanol–water partition coefficient (Wildman–Crippen LogP) is 0.956. The van der Waals surface area contributed by atoms with Crippen LogP contribution in [0.2, 0.25) is 0 Å². The van der Waals surface area contributed by atoms with Crippen LogP contribution in [0.4, 0.5) is 4.79 Å². The summed E-state index contributed by atoms with van der Waals surface area (Å²) in [5, 5.41) is 4.49. The van der Waals surface area contributed by atoms with Crippen molar-refractivity contribution in [2.45, 2.75) is 39.0 Å². The van der Waals surface area contributed by atoms with Crippen LogP contribution in [-0.4, -0.2) is 31.1 Å². The van der Waals surface area contributed by atoms with Crippen LogP contribution in [0.1, 0.15) is 39.0 Å². The lowest BCUT2D eigenvalue weighted by molar-refractivity contribution is -0.153. The van der Waals surface area contributed by atoms with Crippen molar-refractivity contribution in [3.8, 4) is 0 Å². The van der Waals surface area contributed by atoms with Gasteiger partial charge in [-0.2, -0.15) is 0 Å². The Labute approximate surface area is 106 Å². The summed E-state index contributed by atoms with van der Waals surface area (Å²) in [6.45, 7) is 1.78. The molecule has 6 nitrogen and oxygen atoms in total. The van der Waals surface area contributed by atoms with E-state index in [1.807, 2.05) is 0 Å². The van der Waals surface area contributed by atoms with Gasteiger partial charge in [-0.1, -0.05) is 19.3 Å². The number of nitrogens with one attached hydrogen (secondary N) is 2. The zero-order valence-corrected chi connectivity index (χ0v) is 10.7. The summed E-state index contributed by atoms with van der Waals surface area (Å²) in [6.07, 6.45) is 4.88. The van der Waals surface area contributed by atoms with E-state index in [2.05, 4.69) is 10.6 Å². The highest BCUT2D eigenvalue weighted by atomic mass is 16.5. The maximum Gasteiger partial charge on any atom is 0.321 e. The van der Waals surface area contributed by atoms with Crippen molar-refractivity contribution in [3.05, 3.63) is 0 Å². The number of rotatable bonds is 4. The van der Waals surface area contributed by atoms with Crippen molar-refractivity contribution in [2.24, 2.45) is 5.92 Å². The Morgan fingerprint density at radius 3 is 2.44 bits per heavy atom. The normalized spacial score (nSPS) is 15.8. The highest BCUT2D eigenvalue weighted by molar-refractivity contribution is 5.95. The zero-order chi connectivity index (χ0) is 13.4. The van der Waals surface area contributed by atoms with Gasteiger partial charge in [-0.25, -0.2) is 4.79 Å². The van der Waals surface area contributed by atoms with E-state index in [9.17, 15) is 14.4 Å². The first kappa shape index (κ1) is 14.5. The lowest BCUT2D eigenvalue weighted by Crippen LogP contribution is -2.41. The minimum Gasteiger partial charge on any atom is -0.455 e. The lowest BCUT2D eigenvalue weighted by atomic mass is 9.89. The van der Waals surface area contributed by atoms with Gasteiger partial charge in [-0.3, -0.25) is 14.9 Å². The summed E-state index contributed by atoms with van der Waals surface area (Å²) >= 11 is 0. The van der Waals surface area contributed by atoms with Crippen LogP contribution in [0.25, 0.3) is 0 Å². The maximum absolute atomic E-state index is 11.6. The van der Waals surface area contributed by atoms with Gasteiger partial charge in [-0.05, 0) is 19.8 Å². The molecule has 0 heterocycles. The molecule has 1 rings (SSSR count). The third-order valence-electron chi connectivity index (χ3n) is 2.87. The summed E-state index contributed by atoms with van der Waals surface area (Å²) in [7, 11) is 0. The van der Waals surface area contributed by atoms with Crippen LogP contribution in [0, 0.1) is 5.92 Å². The molecular weight excluding hydrogens is 236 g/mol. The highest BCUT2D eigenvalue weighted by Gasteiger charge is 2.23. The summed E-state index contributed by atoms with van der Waals surface area (Å²) in [5.74, 6) is -1.03. The number of hydrogen-bond acceptors (Lipinski definition) is 4. The Balaban J connectivity index is 2.20. The molecule has 0 atom stereocenters. The second kappa shape index (κ2) is 7.68. The molecule has 1 aliphatic carbocycles. The van der Waals surface area contributed by atoms with E-state index >= 15 is 0 Å². The zero-order valence-electron chi connectivity index (χ0n) is 10.7. The lowest BCUT2D eigenvalue weighted by Gasteiger charge is -2.19. The van der Waals surface area contributed by atoms with E-state index in [4.69, 9.17) is 4.74 Å². The minimum absolute atomic E-state index is 0.0870. The SMILES string of the molecule is CCNC(=O)NC(=O)COC(=O)C1CCCCC1. The third-order valence-corrected chi connectivity index (χ3v) is 2.87. The van der Waals surface area contributed by atoms with Gasteiger partial charge in [0.2, 0.25) is 0 Å². The average molecular weight is 256 g/mol. The van der Waals surface area contributed by atoms with Crippen molar-refractivity contribution < 1.29 is 19.1 Å². The van der Waals surface area contributed by atoms with Crippen molar-refractivity contribution >= 4 is 17.9 Å². The van der Waals surface area contributed by atoms with Crippen LogP contribution in [-0.2, 0) is 14.3 Å². The number of hydrogen-bond donors (Lipinski definition) is 2. The molecule has 0 aromatic heterocycles. The van der Waals surface area contributed by atoms with Gasteiger partial charge in [0.1, 0.15) is 0 Å². The van der Waals surface area contributed by atoms with E-state index in [1.165, 1.54) is 0 Å². The molecule has 0 aromatic carbocycles. The van der Waals surface area contributed by atoms with Gasteiger partial charge >= 0.3 is 12.0 Å². The molecule has 0 bridgehead atoms. The van der Waals surface area contributed by atoms with Crippen molar-refractivity contribution in [1.82, 2.24) is 10.6 Å². The fraction of sp³-hybridized carbons (Fsp3) is 0.750. The number of imide groups is 1. The fourth-order valence-corrected chi connectivity index (χ4v) is 1.96. The molecule has 3 amide bonds. The Morgan fingerprint density at radius 1 is 1.17 bits per heavy atom. The van der Waals surface area contributed by atoms with Gasteiger partial charge in [0, 0.05) is 6.54 Å². The standard InChI is InChI=1S/C12H20N2O4/c1-2-13-12(17)14-10(15)8-18-11(16)9-6-4-3-5-7-9/h9H,2-8H2,1H3,(H2,13,14,15,17). The molecule has 1 saturated carbocycles. The molecule has 6 heteroatoms. The van der Waals surface area contributed by atoms with Crippen LogP contribution in [0.3, 0.4) is 0 Å². The van der Waals surface area contributed by atoms with Crippen molar-refractivity contribution in [1.29, 1.82) is 0 Å². The molecule has 18 heavy (non-hydrogen) atoms. The predicted molar refractivity (Wildman–Crippen MR) is 64.7 cm³/mol. The van der Waals surface area contributed by atoms with Gasteiger partial charge in [-0.15, -0.1) is 0 Å². The van der Waals surface area contributed by atoms with Crippen molar-refractivity contribution in [3.63, 3.8) is 0 Å². The number of urea groups is 1. The molecule has 0 unspecified atom stereocenters. The molecule has 0 spiro atoms. The summed E-state index contributed by atoms with van der Waals surface area (Å²) in [4.78, 5) is 33.9. The van der Waals surface area contributed by atoms with Crippen LogP contribution in [0.15, 0.2) is 0 Å². The molecule has 0 aromatic rings. The van der Waals surface area contributed by atoms with Crippen molar-refractivity contribution in [2.75, 3.05) is 13.2 Å². The second-order valence-electron chi connectivity index (χ2n) is 4.35. The Morgan fingerprint density at radius 2 is 1.83 bits per heavy atom. The number of esters is 1. The van der Waals surface area contributed by atoms with Crippen LogP contribution >= 0.6 is 0 Å². The first-order valence-electron chi connectivity index (χ1n) is 6.37. The summed E-state index contributed by atoms with van der Waals surface area (Å²) < 4.78 is 4.89. The monoisotopic (exact) mass is 256 g/mol. The molecular formula is C12H20N2O4. The Bertz CT molecular complexity index is 311. The van der Waals surface area contributed by atoms with E-state index in [0.717, 1.165) is 32.1 Å². The fourth-order valence-electron chi connectivity index (χ4n) is 1.96. The molecule has 1 aliphatic rings. The molecule has 0 saturated heterocycles. The number of amides is 3. The smallest absolute Gasteiger partial charge is 0.321 e. The molecule has 2 N–H and O–H groups in total. The molecule has 102 valence electrons. The number of ether oxygens (including phenoxy) is 1. The summed E-state index contributed by atoms with van der Waals surface area (Å²) in [6, 6.07) is -0.573. The first-order valence-corrected chi connectivity index (χ1v) is 6.37. The van der Waals surface area contributed by atoms with E-state index in [1.54, 1.807) is 6.92 Å². The third kappa shape index (κ3) is 5.16. The Kier molecular flexibility index (Phi) is 6.18. The van der Waals surface area contributed by atoms with Crippen LogP contribution < -0.4 is 10.6 Å². The van der Waals surface area contributed by atoms with E-state index in [-0.39, 0.29) is 11.9 Å². The van der Waals surface area contributed by atoms with Crippen LogP contribution in [0.5, 0.6) is 0 Å². The number of carbonyl (C=O) groups excluding carboxylic acids is 3.